The number of rotatable bonds is 5. The van der Waals surface area contributed by atoms with Crippen molar-refractivity contribution in [3.63, 3.8) is 0 Å². The van der Waals surface area contributed by atoms with Gasteiger partial charge in [0.2, 0.25) is 0 Å². The van der Waals surface area contributed by atoms with E-state index in [2.05, 4.69) is 57.2 Å². The lowest BCUT2D eigenvalue weighted by Gasteiger charge is -2.26. The van der Waals surface area contributed by atoms with Crippen molar-refractivity contribution < 1.29 is 14.2 Å². The van der Waals surface area contributed by atoms with Crippen LogP contribution >= 0.6 is 0 Å². The molecule has 128 valence electrons. The Balaban J connectivity index is 1.64. The van der Waals surface area contributed by atoms with E-state index in [0.29, 0.717) is 19.8 Å². The largest absolute Gasteiger partial charge is 0.490 e. The van der Waals surface area contributed by atoms with E-state index in [1.807, 2.05) is 6.07 Å². The average Bonchev–Trinajstić information content (AvgIpc) is 2.81. The molecule has 0 amide bonds. The van der Waals surface area contributed by atoms with Gasteiger partial charge in [0.25, 0.3) is 0 Å². The minimum absolute atomic E-state index is 0.0879. The highest BCUT2D eigenvalue weighted by atomic mass is 16.5. The van der Waals surface area contributed by atoms with E-state index in [0.717, 1.165) is 24.5 Å². The molecule has 2 aromatic rings. The van der Waals surface area contributed by atoms with Gasteiger partial charge in [-0.15, -0.1) is 0 Å². The Hall–Kier alpha value is -2.00. The first-order chi connectivity index (χ1) is 11.5. The summed E-state index contributed by atoms with van der Waals surface area (Å²) in [5, 5.41) is 0. The first-order valence-corrected chi connectivity index (χ1v) is 8.58. The van der Waals surface area contributed by atoms with Gasteiger partial charge in [-0.3, -0.25) is 0 Å². The molecule has 0 aromatic heterocycles. The SMILES string of the molecule is Cc1ccc(COCC(C)(C)c2ccc3c(c2)OCCCO3)cc1. The second-order valence-corrected chi connectivity index (χ2v) is 7.07. The molecule has 0 aliphatic carbocycles. The van der Waals surface area contributed by atoms with E-state index in [-0.39, 0.29) is 5.41 Å². The Morgan fingerprint density at radius 3 is 2.42 bits per heavy atom. The molecule has 1 aliphatic rings. The summed E-state index contributed by atoms with van der Waals surface area (Å²) in [4.78, 5) is 0. The van der Waals surface area contributed by atoms with E-state index in [4.69, 9.17) is 14.2 Å². The van der Waals surface area contributed by atoms with Crippen LogP contribution in [0, 0.1) is 6.92 Å². The highest BCUT2D eigenvalue weighted by Gasteiger charge is 2.23. The molecule has 0 radical (unpaired) electrons. The molecule has 0 N–H and O–H groups in total. The van der Waals surface area contributed by atoms with Crippen LogP contribution in [0.5, 0.6) is 11.5 Å². The summed E-state index contributed by atoms with van der Waals surface area (Å²) < 4.78 is 17.5. The number of hydrogen-bond acceptors (Lipinski definition) is 3. The van der Waals surface area contributed by atoms with Crippen molar-refractivity contribution in [1.29, 1.82) is 0 Å². The van der Waals surface area contributed by atoms with E-state index < -0.39 is 0 Å². The lowest BCUT2D eigenvalue weighted by Crippen LogP contribution is -2.24. The first kappa shape index (κ1) is 16.8. The fourth-order valence-corrected chi connectivity index (χ4v) is 2.78. The van der Waals surface area contributed by atoms with Gasteiger partial charge in [-0.2, -0.15) is 0 Å². The quantitative estimate of drug-likeness (QED) is 0.800. The number of ether oxygens (including phenoxy) is 3. The molecule has 0 unspecified atom stereocenters. The van der Waals surface area contributed by atoms with Crippen molar-refractivity contribution in [3.05, 3.63) is 59.2 Å². The van der Waals surface area contributed by atoms with Gasteiger partial charge in [0.05, 0.1) is 26.4 Å². The zero-order chi connectivity index (χ0) is 17.0. The van der Waals surface area contributed by atoms with Gasteiger partial charge < -0.3 is 14.2 Å². The fraction of sp³-hybridized carbons (Fsp3) is 0.429. The highest BCUT2D eigenvalue weighted by Crippen LogP contribution is 2.35. The topological polar surface area (TPSA) is 27.7 Å². The molecule has 0 fully saturated rings. The second-order valence-electron chi connectivity index (χ2n) is 7.07. The van der Waals surface area contributed by atoms with Crippen molar-refractivity contribution in [3.8, 4) is 11.5 Å². The second kappa shape index (κ2) is 7.27. The molecule has 1 aliphatic heterocycles. The third-order valence-electron chi connectivity index (χ3n) is 4.38. The van der Waals surface area contributed by atoms with Gasteiger partial charge in [0.15, 0.2) is 11.5 Å². The van der Waals surface area contributed by atoms with Crippen LogP contribution in [-0.2, 0) is 16.8 Å². The first-order valence-electron chi connectivity index (χ1n) is 8.58. The molecule has 0 saturated carbocycles. The molecule has 1 heterocycles. The van der Waals surface area contributed by atoms with Gasteiger partial charge in [-0.05, 0) is 30.2 Å². The Morgan fingerprint density at radius 2 is 1.67 bits per heavy atom. The van der Waals surface area contributed by atoms with Crippen molar-refractivity contribution >= 4 is 0 Å². The van der Waals surface area contributed by atoms with E-state index in [1.54, 1.807) is 0 Å². The predicted molar refractivity (Wildman–Crippen MR) is 95.9 cm³/mol. The van der Waals surface area contributed by atoms with E-state index >= 15 is 0 Å². The van der Waals surface area contributed by atoms with Gasteiger partial charge in [0, 0.05) is 11.8 Å². The lowest BCUT2D eigenvalue weighted by molar-refractivity contribution is 0.0824. The summed E-state index contributed by atoms with van der Waals surface area (Å²) in [6.45, 7) is 9.20. The molecule has 3 heteroatoms. The number of aryl methyl sites for hydroxylation is 1. The molecule has 0 spiro atoms. The molecule has 0 bridgehead atoms. The van der Waals surface area contributed by atoms with Crippen LogP contribution in [0.15, 0.2) is 42.5 Å². The monoisotopic (exact) mass is 326 g/mol. The Kier molecular flexibility index (Phi) is 5.10. The van der Waals surface area contributed by atoms with Gasteiger partial charge >= 0.3 is 0 Å². The van der Waals surface area contributed by atoms with Crippen molar-refractivity contribution in [2.24, 2.45) is 0 Å². The molecule has 2 aromatic carbocycles. The van der Waals surface area contributed by atoms with Crippen molar-refractivity contribution in [1.82, 2.24) is 0 Å². The summed E-state index contributed by atoms with van der Waals surface area (Å²) >= 11 is 0. The molecular formula is C21H26O3. The van der Waals surface area contributed by atoms with Crippen molar-refractivity contribution in [2.45, 2.75) is 39.2 Å². The highest BCUT2D eigenvalue weighted by molar-refractivity contribution is 5.45. The minimum atomic E-state index is -0.0879. The summed E-state index contributed by atoms with van der Waals surface area (Å²) in [5.41, 5.74) is 3.59. The molecule has 3 rings (SSSR count). The van der Waals surface area contributed by atoms with Gasteiger partial charge in [-0.1, -0.05) is 49.7 Å². The molecule has 24 heavy (non-hydrogen) atoms. The summed E-state index contributed by atoms with van der Waals surface area (Å²) in [5.74, 6) is 1.68. The van der Waals surface area contributed by atoms with Gasteiger partial charge in [0.1, 0.15) is 0 Å². The standard InChI is InChI=1S/C21H26O3/c1-16-5-7-17(8-6-16)14-22-15-21(2,3)18-9-10-19-20(13-18)24-12-4-11-23-19/h5-10,13H,4,11-12,14-15H2,1-3H3. The third kappa shape index (κ3) is 4.09. The maximum atomic E-state index is 5.98. The van der Waals surface area contributed by atoms with Crippen LogP contribution in [0.2, 0.25) is 0 Å². The Labute approximate surface area is 144 Å². The summed E-state index contributed by atoms with van der Waals surface area (Å²) in [7, 11) is 0. The van der Waals surface area contributed by atoms with Crippen LogP contribution in [0.1, 0.15) is 37.0 Å². The third-order valence-corrected chi connectivity index (χ3v) is 4.38. The van der Waals surface area contributed by atoms with Crippen LogP contribution in [0.3, 0.4) is 0 Å². The molecule has 3 nitrogen and oxygen atoms in total. The Bertz CT molecular complexity index is 674. The predicted octanol–water partition coefficient (Wildman–Crippen LogP) is 4.65. The molecule has 0 saturated heterocycles. The maximum absolute atomic E-state index is 5.98. The molecular weight excluding hydrogens is 300 g/mol. The van der Waals surface area contributed by atoms with Crippen LogP contribution < -0.4 is 9.47 Å². The number of benzene rings is 2. The average molecular weight is 326 g/mol. The summed E-state index contributed by atoms with van der Waals surface area (Å²) in [6, 6.07) is 14.7. The number of fused-ring (bicyclic) bond motifs is 1. The number of hydrogen-bond donors (Lipinski definition) is 0. The van der Waals surface area contributed by atoms with E-state index in [1.165, 1.54) is 16.7 Å². The van der Waals surface area contributed by atoms with Crippen molar-refractivity contribution in [2.75, 3.05) is 19.8 Å². The fourth-order valence-electron chi connectivity index (χ4n) is 2.78. The maximum Gasteiger partial charge on any atom is 0.161 e. The van der Waals surface area contributed by atoms with Crippen LogP contribution in [-0.4, -0.2) is 19.8 Å². The smallest absolute Gasteiger partial charge is 0.161 e. The Morgan fingerprint density at radius 1 is 0.958 bits per heavy atom. The molecule has 0 atom stereocenters. The lowest BCUT2D eigenvalue weighted by atomic mass is 9.85. The van der Waals surface area contributed by atoms with Crippen LogP contribution in [0.25, 0.3) is 0 Å². The normalized spacial score (nSPS) is 14.3. The van der Waals surface area contributed by atoms with Crippen LogP contribution in [0.4, 0.5) is 0 Å². The summed E-state index contributed by atoms with van der Waals surface area (Å²) in [6.07, 6.45) is 0.924. The minimum Gasteiger partial charge on any atom is -0.490 e. The zero-order valence-corrected chi connectivity index (χ0v) is 14.8. The van der Waals surface area contributed by atoms with Gasteiger partial charge in [-0.25, -0.2) is 0 Å². The van der Waals surface area contributed by atoms with E-state index in [9.17, 15) is 0 Å². The zero-order valence-electron chi connectivity index (χ0n) is 14.8.